The lowest BCUT2D eigenvalue weighted by Crippen LogP contribution is -2.51. The Kier molecular flexibility index (Phi) is 6.76. The maximum absolute atomic E-state index is 6.56. The van der Waals surface area contributed by atoms with E-state index in [2.05, 4.69) is 64.9 Å². The quantitative estimate of drug-likeness (QED) is 0.282. The zero-order valence-electron chi connectivity index (χ0n) is 22.6. The molecule has 5 nitrogen and oxygen atoms in total. The molecule has 0 aliphatic carbocycles. The van der Waals surface area contributed by atoms with E-state index in [1.165, 1.54) is 16.7 Å². The molecule has 0 bridgehead atoms. The van der Waals surface area contributed by atoms with Crippen molar-refractivity contribution in [1.82, 2.24) is 10.2 Å². The first kappa shape index (κ1) is 24.9. The number of hydrogen-bond donors (Lipinski definition) is 1. The molecule has 1 saturated heterocycles. The fourth-order valence-corrected chi connectivity index (χ4v) is 6.01. The summed E-state index contributed by atoms with van der Waals surface area (Å²) in [5.74, 6) is 2.06. The number of nitrogens with zero attached hydrogens (tertiary/aromatic N) is 1. The molecular weight excluding hydrogens is 496 g/mol. The largest absolute Gasteiger partial charge is 0.462 e. The molecular formula is C35H34N2O3. The Morgan fingerprint density at radius 2 is 1.57 bits per heavy atom. The summed E-state index contributed by atoms with van der Waals surface area (Å²) in [7, 11) is 0. The number of para-hydroxylation sites is 2. The van der Waals surface area contributed by atoms with Crippen LogP contribution in [0.2, 0.25) is 0 Å². The first-order chi connectivity index (χ1) is 19.7. The van der Waals surface area contributed by atoms with Gasteiger partial charge in [-0.2, -0.15) is 0 Å². The van der Waals surface area contributed by atoms with Gasteiger partial charge >= 0.3 is 0 Å². The van der Waals surface area contributed by atoms with Crippen LogP contribution in [0.4, 0.5) is 0 Å². The van der Waals surface area contributed by atoms with Crippen LogP contribution in [-0.4, -0.2) is 30.3 Å². The molecule has 5 heteroatoms. The van der Waals surface area contributed by atoms with E-state index in [1.807, 2.05) is 48.5 Å². The van der Waals surface area contributed by atoms with Crippen molar-refractivity contribution in [3.8, 4) is 28.4 Å². The molecule has 0 amide bonds. The van der Waals surface area contributed by atoms with Crippen molar-refractivity contribution in [2.24, 2.45) is 0 Å². The van der Waals surface area contributed by atoms with Crippen molar-refractivity contribution in [3.05, 3.63) is 120 Å². The predicted molar refractivity (Wildman–Crippen MR) is 158 cm³/mol. The van der Waals surface area contributed by atoms with E-state index in [9.17, 15) is 0 Å². The summed E-state index contributed by atoms with van der Waals surface area (Å²) in [6.45, 7) is 4.46. The number of hydrogen-bond acceptors (Lipinski definition) is 5. The minimum atomic E-state index is -0.530. The summed E-state index contributed by atoms with van der Waals surface area (Å²) >= 11 is 0. The van der Waals surface area contributed by atoms with Gasteiger partial charge in [0.25, 0.3) is 0 Å². The number of rotatable bonds is 6. The minimum absolute atomic E-state index is 0.530. The second-order valence-electron chi connectivity index (χ2n) is 10.8. The van der Waals surface area contributed by atoms with E-state index >= 15 is 0 Å². The Morgan fingerprint density at radius 1 is 0.800 bits per heavy atom. The molecule has 1 spiro atoms. The van der Waals surface area contributed by atoms with Crippen LogP contribution in [0.5, 0.6) is 17.2 Å². The molecule has 1 fully saturated rings. The Bertz CT molecular complexity index is 1520. The van der Waals surface area contributed by atoms with Crippen molar-refractivity contribution in [2.75, 3.05) is 19.6 Å². The van der Waals surface area contributed by atoms with Crippen LogP contribution >= 0.6 is 0 Å². The second-order valence-corrected chi connectivity index (χ2v) is 10.8. The molecule has 4 aromatic carbocycles. The average Bonchev–Trinajstić information content (AvgIpc) is 3.01. The van der Waals surface area contributed by atoms with Crippen LogP contribution < -0.4 is 14.8 Å². The fourth-order valence-electron chi connectivity index (χ4n) is 6.01. The topological polar surface area (TPSA) is 43.0 Å². The highest BCUT2D eigenvalue weighted by molar-refractivity contribution is 5.72. The normalized spacial score (nSPS) is 17.6. The highest BCUT2D eigenvalue weighted by Gasteiger charge is 2.41. The van der Waals surface area contributed by atoms with Crippen LogP contribution in [0, 0.1) is 0 Å². The standard InChI is InChI=1S/C35H34N2O3/c1-2-9-30(10-3-1)39-34-13-7-6-12-32(34)26-14-15-33-29(22-26)25-38-35(40-33)17-20-37(21-18-35)19-16-28-24-36-23-27-8-4-5-11-31(27)28/h1-15,22,24,36H,16-21,23,25H2. The molecule has 4 aromatic rings. The van der Waals surface area contributed by atoms with E-state index in [0.29, 0.717) is 6.61 Å². The summed E-state index contributed by atoms with van der Waals surface area (Å²) in [5, 5.41) is 3.44. The van der Waals surface area contributed by atoms with Crippen LogP contribution in [0.15, 0.2) is 103 Å². The molecule has 7 rings (SSSR count). The van der Waals surface area contributed by atoms with E-state index in [0.717, 1.165) is 79.4 Å². The van der Waals surface area contributed by atoms with Gasteiger partial charge in [0.2, 0.25) is 5.79 Å². The Labute approximate surface area is 236 Å². The second kappa shape index (κ2) is 10.8. The molecule has 40 heavy (non-hydrogen) atoms. The first-order valence-electron chi connectivity index (χ1n) is 14.3. The fraction of sp³-hybridized carbons (Fsp3) is 0.257. The van der Waals surface area contributed by atoms with E-state index < -0.39 is 5.79 Å². The lowest BCUT2D eigenvalue weighted by Gasteiger charge is -2.44. The van der Waals surface area contributed by atoms with Gasteiger partial charge in [0.1, 0.15) is 17.2 Å². The zero-order valence-corrected chi connectivity index (χ0v) is 22.6. The minimum Gasteiger partial charge on any atom is -0.462 e. The first-order valence-corrected chi connectivity index (χ1v) is 14.3. The molecule has 3 heterocycles. The third-order valence-corrected chi connectivity index (χ3v) is 8.26. The summed E-state index contributed by atoms with van der Waals surface area (Å²) in [4.78, 5) is 2.54. The van der Waals surface area contributed by atoms with Crippen molar-refractivity contribution in [2.45, 2.75) is 38.2 Å². The number of likely N-dealkylation sites (tertiary alicyclic amines) is 1. The Balaban J connectivity index is 0.994. The molecule has 3 aliphatic heterocycles. The number of nitrogens with one attached hydrogen (secondary N) is 1. The maximum Gasteiger partial charge on any atom is 0.213 e. The van der Waals surface area contributed by atoms with Gasteiger partial charge in [-0.15, -0.1) is 0 Å². The smallest absolute Gasteiger partial charge is 0.213 e. The maximum atomic E-state index is 6.56. The van der Waals surface area contributed by atoms with Gasteiger partial charge in [0, 0.05) is 56.3 Å². The van der Waals surface area contributed by atoms with Crippen LogP contribution in [-0.2, 0) is 17.9 Å². The average molecular weight is 531 g/mol. The van der Waals surface area contributed by atoms with Gasteiger partial charge < -0.3 is 24.4 Å². The van der Waals surface area contributed by atoms with Gasteiger partial charge in [-0.1, -0.05) is 66.7 Å². The van der Waals surface area contributed by atoms with Gasteiger partial charge in [-0.3, -0.25) is 0 Å². The van der Waals surface area contributed by atoms with Gasteiger partial charge in [-0.25, -0.2) is 0 Å². The van der Waals surface area contributed by atoms with Gasteiger partial charge in [0.15, 0.2) is 0 Å². The molecule has 3 aliphatic rings. The number of piperidine rings is 1. The highest BCUT2D eigenvalue weighted by Crippen LogP contribution is 2.41. The third-order valence-electron chi connectivity index (χ3n) is 8.26. The molecule has 0 unspecified atom stereocenters. The molecule has 1 N–H and O–H groups in total. The third kappa shape index (κ3) is 5.10. The summed E-state index contributed by atoms with van der Waals surface area (Å²) in [6, 6.07) is 33.2. The van der Waals surface area contributed by atoms with E-state index in [1.54, 1.807) is 0 Å². The summed E-state index contributed by atoms with van der Waals surface area (Å²) in [6.07, 6.45) is 4.98. The molecule has 0 atom stereocenters. The predicted octanol–water partition coefficient (Wildman–Crippen LogP) is 7.38. The lowest BCUT2D eigenvalue weighted by atomic mass is 9.95. The monoisotopic (exact) mass is 530 g/mol. The Hall–Kier alpha value is -4.06. The Morgan fingerprint density at radius 3 is 2.45 bits per heavy atom. The molecule has 0 radical (unpaired) electrons. The van der Waals surface area contributed by atoms with Gasteiger partial charge in [-0.05, 0) is 59.0 Å². The van der Waals surface area contributed by atoms with Crippen LogP contribution in [0.25, 0.3) is 16.7 Å². The van der Waals surface area contributed by atoms with Crippen molar-refractivity contribution in [1.29, 1.82) is 0 Å². The molecule has 202 valence electrons. The SMILES string of the molecule is C1=C(CCN2CCC3(CC2)OCc2cc(-c4ccccc4Oc4ccccc4)ccc2O3)c2ccccc2CN1. The van der Waals surface area contributed by atoms with Crippen molar-refractivity contribution >= 4 is 5.57 Å². The van der Waals surface area contributed by atoms with Gasteiger partial charge in [0.05, 0.1) is 6.61 Å². The highest BCUT2D eigenvalue weighted by atomic mass is 16.7. The molecule has 0 aromatic heterocycles. The van der Waals surface area contributed by atoms with E-state index in [4.69, 9.17) is 14.2 Å². The van der Waals surface area contributed by atoms with Crippen LogP contribution in [0.3, 0.4) is 0 Å². The number of benzene rings is 4. The summed E-state index contributed by atoms with van der Waals surface area (Å²) in [5.41, 5.74) is 7.39. The number of ether oxygens (including phenoxy) is 3. The molecule has 0 saturated carbocycles. The number of fused-ring (bicyclic) bond motifs is 2. The van der Waals surface area contributed by atoms with E-state index in [-0.39, 0.29) is 0 Å². The zero-order chi connectivity index (χ0) is 26.8. The van der Waals surface area contributed by atoms with Crippen LogP contribution in [0.1, 0.15) is 36.0 Å². The summed E-state index contributed by atoms with van der Waals surface area (Å²) < 4.78 is 19.2. The van der Waals surface area contributed by atoms with Crippen molar-refractivity contribution in [3.63, 3.8) is 0 Å². The van der Waals surface area contributed by atoms with Crippen molar-refractivity contribution < 1.29 is 14.2 Å². The lowest BCUT2D eigenvalue weighted by molar-refractivity contribution is -0.228.